The molecule has 1 aromatic carbocycles. The van der Waals surface area contributed by atoms with Crippen molar-refractivity contribution >= 4 is 46.5 Å². The van der Waals surface area contributed by atoms with Gasteiger partial charge in [0, 0.05) is 13.0 Å². The third-order valence-electron chi connectivity index (χ3n) is 2.14. The topological polar surface area (TPSA) is 49.3 Å². The van der Waals surface area contributed by atoms with Gasteiger partial charge in [-0.2, -0.15) is 0 Å². The Bertz CT molecular complexity index is 410. The third-order valence-corrected chi connectivity index (χ3v) is 3.18. The van der Waals surface area contributed by atoms with E-state index in [0.717, 1.165) is 6.42 Å². The summed E-state index contributed by atoms with van der Waals surface area (Å²) in [6.07, 6.45) is 1.56. The fraction of sp³-hybridized carbons (Fsp3) is 0.364. The molecular weight excluding hydrogens is 284 g/mol. The van der Waals surface area contributed by atoms with Gasteiger partial charge in [-0.3, -0.25) is 4.79 Å². The van der Waals surface area contributed by atoms with Crippen molar-refractivity contribution in [2.45, 2.75) is 19.3 Å². The molecule has 0 amide bonds. The molecule has 0 aromatic heterocycles. The summed E-state index contributed by atoms with van der Waals surface area (Å²) in [5.74, 6) is -0.780. The second-order valence-corrected chi connectivity index (χ2v) is 4.75. The number of carbonyl (C=O) groups is 1. The van der Waals surface area contributed by atoms with Crippen LogP contribution in [-0.2, 0) is 4.79 Å². The van der Waals surface area contributed by atoms with Crippen LogP contribution < -0.4 is 5.32 Å². The minimum Gasteiger partial charge on any atom is -0.481 e. The molecule has 1 rings (SSSR count). The van der Waals surface area contributed by atoms with Crippen molar-refractivity contribution in [2.75, 3.05) is 11.9 Å². The van der Waals surface area contributed by atoms with E-state index in [9.17, 15) is 4.79 Å². The molecule has 0 aliphatic carbocycles. The predicted molar refractivity (Wildman–Crippen MR) is 71.4 cm³/mol. The van der Waals surface area contributed by atoms with Gasteiger partial charge in [0.05, 0.1) is 20.8 Å². The maximum absolute atomic E-state index is 10.3. The molecule has 0 spiro atoms. The van der Waals surface area contributed by atoms with E-state index in [-0.39, 0.29) is 6.42 Å². The highest BCUT2D eigenvalue weighted by atomic mass is 35.5. The average Bonchev–Trinajstić information content (AvgIpc) is 2.24. The first kappa shape index (κ1) is 14.4. The SMILES string of the molecule is O=C(O)CCCCNc1cc(Cl)c(Cl)cc1Cl. The number of anilines is 1. The molecular formula is C11H12Cl3NO2. The molecule has 94 valence electrons. The summed E-state index contributed by atoms with van der Waals surface area (Å²) in [7, 11) is 0. The van der Waals surface area contributed by atoms with Gasteiger partial charge in [0.1, 0.15) is 0 Å². The van der Waals surface area contributed by atoms with Crippen LogP contribution >= 0.6 is 34.8 Å². The summed E-state index contributed by atoms with van der Waals surface area (Å²) >= 11 is 17.6. The number of aliphatic carboxylic acids is 1. The van der Waals surface area contributed by atoms with Gasteiger partial charge in [0.2, 0.25) is 0 Å². The van der Waals surface area contributed by atoms with E-state index < -0.39 is 5.97 Å². The fourth-order valence-corrected chi connectivity index (χ4v) is 1.90. The van der Waals surface area contributed by atoms with Crippen LogP contribution in [-0.4, -0.2) is 17.6 Å². The maximum atomic E-state index is 10.3. The largest absolute Gasteiger partial charge is 0.481 e. The van der Waals surface area contributed by atoms with Gasteiger partial charge < -0.3 is 10.4 Å². The van der Waals surface area contributed by atoms with Gasteiger partial charge >= 0.3 is 5.97 Å². The number of rotatable bonds is 6. The zero-order chi connectivity index (χ0) is 12.8. The van der Waals surface area contributed by atoms with Gasteiger partial charge in [-0.15, -0.1) is 0 Å². The summed E-state index contributed by atoms with van der Waals surface area (Å²) in [6, 6.07) is 3.23. The van der Waals surface area contributed by atoms with Crippen LogP contribution in [0.4, 0.5) is 5.69 Å². The number of unbranched alkanes of at least 4 members (excludes halogenated alkanes) is 1. The smallest absolute Gasteiger partial charge is 0.303 e. The van der Waals surface area contributed by atoms with Crippen LogP contribution in [0.1, 0.15) is 19.3 Å². The van der Waals surface area contributed by atoms with Crippen molar-refractivity contribution in [3.8, 4) is 0 Å². The number of carboxylic acid groups (broad SMARTS) is 1. The molecule has 0 radical (unpaired) electrons. The highest BCUT2D eigenvalue weighted by Gasteiger charge is 2.05. The van der Waals surface area contributed by atoms with Crippen LogP contribution in [0.25, 0.3) is 0 Å². The Labute approximate surface area is 115 Å². The van der Waals surface area contributed by atoms with Crippen molar-refractivity contribution < 1.29 is 9.90 Å². The Kier molecular flexibility index (Phi) is 5.89. The maximum Gasteiger partial charge on any atom is 0.303 e. The molecule has 0 aliphatic heterocycles. The Morgan fingerprint density at radius 2 is 1.76 bits per heavy atom. The molecule has 3 nitrogen and oxygen atoms in total. The average molecular weight is 297 g/mol. The van der Waals surface area contributed by atoms with Crippen molar-refractivity contribution in [1.82, 2.24) is 0 Å². The highest BCUT2D eigenvalue weighted by Crippen LogP contribution is 2.32. The molecule has 0 aliphatic rings. The molecule has 0 heterocycles. The number of carboxylic acids is 1. The van der Waals surface area contributed by atoms with Crippen molar-refractivity contribution in [1.29, 1.82) is 0 Å². The molecule has 0 bridgehead atoms. The molecule has 2 N–H and O–H groups in total. The Morgan fingerprint density at radius 1 is 1.12 bits per heavy atom. The lowest BCUT2D eigenvalue weighted by Crippen LogP contribution is -2.03. The number of hydrogen-bond donors (Lipinski definition) is 2. The number of hydrogen-bond acceptors (Lipinski definition) is 2. The Hall–Kier alpha value is -0.640. The van der Waals surface area contributed by atoms with Crippen LogP contribution in [0.2, 0.25) is 15.1 Å². The molecule has 0 fully saturated rings. The molecule has 0 saturated heterocycles. The first-order valence-electron chi connectivity index (χ1n) is 5.11. The van der Waals surface area contributed by atoms with E-state index in [1.807, 2.05) is 0 Å². The standard InChI is InChI=1S/C11H12Cl3NO2/c12-7-5-9(14)10(6-8(7)13)15-4-2-1-3-11(16)17/h5-6,15H,1-4H2,(H,16,17). The van der Waals surface area contributed by atoms with Gasteiger partial charge in [-0.05, 0) is 25.0 Å². The van der Waals surface area contributed by atoms with Crippen LogP contribution in [0.3, 0.4) is 0 Å². The molecule has 0 atom stereocenters. The quantitative estimate of drug-likeness (QED) is 0.607. The molecule has 0 saturated carbocycles. The van der Waals surface area contributed by atoms with E-state index in [1.54, 1.807) is 12.1 Å². The van der Waals surface area contributed by atoms with E-state index in [0.29, 0.717) is 33.7 Å². The minimum atomic E-state index is -0.780. The van der Waals surface area contributed by atoms with E-state index in [2.05, 4.69) is 5.32 Å². The van der Waals surface area contributed by atoms with Gasteiger partial charge in [-0.25, -0.2) is 0 Å². The summed E-state index contributed by atoms with van der Waals surface area (Å²) in [5.41, 5.74) is 0.705. The van der Waals surface area contributed by atoms with Gasteiger partial charge in [0.25, 0.3) is 0 Å². The first-order valence-corrected chi connectivity index (χ1v) is 6.24. The monoisotopic (exact) mass is 295 g/mol. The normalized spacial score (nSPS) is 10.3. The molecule has 6 heteroatoms. The Morgan fingerprint density at radius 3 is 2.41 bits per heavy atom. The second kappa shape index (κ2) is 6.94. The van der Waals surface area contributed by atoms with Crippen LogP contribution in [0, 0.1) is 0 Å². The van der Waals surface area contributed by atoms with E-state index in [1.165, 1.54) is 0 Å². The summed E-state index contributed by atoms with van der Waals surface area (Å²) in [4.78, 5) is 10.3. The predicted octanol–water partition coefficient (Wildman–Crippen LogP) is 4.31. The van der Waals surface area contributed by atoms with E-state index >= 15 is 0 Å². The van der Waals surface area contributed by atoms with Crippen molar-refractivity contribution in [3.63, 3.8) is 0 Å². The zero-order valence-corrected chi connectivity index (χ0v) is 11.2. The van der Waals surface area contributed by atoms with Crippen molar-refractivity contribution in [2.24, 2.45) is 0 Å². The lowest BCUT2D eigenvalue weighted by atomic mass is 10.2. The second-order valence-electron chi connectivity index (χ2n) is 3.52. The molecule has 1 aromatic rings. The number of nitrogens with one attached hydrogen (secondary N) is 1. The fourth-order valence-electron chi connectivity index (χ4n) is 1.28. The number of halogens is 3. The highest BCUT2D eigenvalue weighted by molar-refractivity contribution is 6.44. The van der Waals surface area contributed by atoms with Crippen LogP contribution in [0.5, 0.6) is 0 Å². The van der Waals surface area contributed by atoms with Crippen molar-refractivity contribution in [3.05, 3.63) is 27.2 Å². The van der Waals surface area contributed by atoms with Gasteiger partial charge in [0.15, 0.2) is 0 Å². The third kappa shape index (κ3) is 5.02. The van der Waals surface area contributed by atoms with Gasteiger partial charge in [-0.1, -0.05) is 34.8 Å². The van der Waals surface area contributed by atoms with E-state index in [4.69, 9.17) is 39.9 Å². The summed E-state index contributed by atoms with van der Waals surface area (Å²) in [6.45, 7) is 0.644. The first-order chi connectivity index (χ1) is 8.00. The Balaban J connectivity index is 2.41. The lowest BCUT2D eigenvalue weighted by molar-refractivity contribution is -0.137. The minimum absolute atomic E-state index is 0.177. The summed E-state index contributed by atoms with van der Waals surface area (Å²) < 4.78 is 0. The lowest BCUT2D eigenvalue weighted by Gasteiger charge is -2.09. The van der Waals surface area contributed by atoms with Crippen LogP contribution in [0.15, 0.2) is 12.1 Å². The number of benzene rings is 1. The summed E-state index contributed by atoms with van der Waals surface area (Å²) in [5, 5.41) is 12.9. The molecule has 0 unspecified atom stereocenters. The molecule has 17 heavy (non-hydrogen) atoms. The zero-order valence-electron chi connectivity index (χ0n) is 8.97.